The van der Waals surface area contributed by atoms with Gasteiger partial charge in [-0.3, -0.25) is 0 Å². The van der Waals surface area contributed by atoms with Gasteiger partial charge in [0.15, 0.2) is 0 Å². The number of hydrogen-bond donors (Lipinski definition) is 4. The largest absolute Gasteiger partial charge is 0.634 e. The third-order valence-electron chi connectivity index (χ3n) is 2.06. The molecule has 0 aromatic rings. The van der Waals surface area contributed by atoms with Crippen molar-refractivity contribution in [2.45, 2.75) is 26.9 Å². The Morgan fingerprint density at radius 2 is 1.38 bits per heavy atom. The molecular weight excluding hydrogens is 213 g/mol. The molecule has 0 saturated heterocycles. The Hall–Kier alpha value is -0.175. The first kappa shape index (κ1) is 18.2. The first-order valence-electron chi connectivity index (χ1n) is 5.51. The quantitative estimate of drug-likeness (QED) is 0.410. The Kier molecular flexibility index (Phi) is 14.7. The van der Waals surface area contributed by atoms with Gasteiger partial charge in [-0.05, 0) is 19.6 Å². The van der Waals surface area contributed by atoms with Crippen molar-refractivity contribution in [3.05, 3.63) is 0 Å². The Morgan fingerprint density at radius 3 is 1.44 bits per heavy atom. The van der Waals surface area contributed by atoms with Crippen molar-refractivity contribution >= 4 is 7.32 Å². The van der Waals surface area contributed by atoms with E-state index in [1.54, 1.807) is 0 Å². The van der Waals surface area contributed by atoms with Crippen molar-refractivity contribution in [2.24, 2.45) is 0 Å². The molecule has 0 atom stereocenters. The molecule has 0 aliphatic heterocycles. The molecular formula is C9H24BNO5. The first-order valence-corrected chi connectivity index (χ1v) is 5.51. The molecule has 98 valence electrons. The Labute approximate surface area is 97.6 Å². The molecule has 16 heavy (non-hydrogen) atoms. The van der Waals surface area contributed by atoms with Crippen molar-refractivity contribution in [2.75, 3.05) is 32.8 Å². The molecule has 0 fully saturated rings. The number of hydrogen-bond acceptors (Lipinski definition) is 6. The van der Waals surface area contributed by atoms with E-state index in [-0.39, 0.29) is 0 Å². The second-order valence-corrected chi connectivity index (χ2v) is 3.07. The molecule has 0 aliphatic carbocycles. The zero-order valence-corrected chi connectivity index (χ0v) is 10.3. The van der Waals surface area contributed by atoms with Gasteiger partial charge in [-0.25, -0.2) is 0 Å². The highest BCUT2D eigenvalue weighted by Gasteiger charge is 2.15. The van der Waals surface area contributed by atoms with Crippen LogP contribution in [0, 0.1) is 0 Å². The summed E-state index contributed by atoms with van der Waals surface area (Å²) in [6, 6.07) is 0. The molecule has 0 radical (unpaired) electrons. The SMILES string of the molecule is CCN(CC)CC.OCC(CO)OB(O)O. The number of rotatable bonds is 7. The number of nitrogens with zero attached hydrogens (tertiary/aromatic N) is 1. The van der Waals surface area contributed by atoms with Crippen molar-refractivity contribution in [3.8, 4) is 0 Å². The average molecular weight is 237 g/mol. The Bertz CT molecular complexity index is 126. The fourth-order valence-electron chi connectivity index (χ4n) is 0.987. The fourth-order valence-corrected chi connectivity index (χ4v) is 0.987. The third-order valence-corrected chi connectivity index (χ3v) is 2.06. The lowest BCUT2D eigenvalue weighted by atomic mass is 10.2. The second kappa shape index (κ2) is 12.9. The van der Waals surface area contributed by atoms with Crippen LogP contribution in [0.15, 0.2) is 0 Å². The van der Waals surface area contributed by atoms with Crippen LogP contribution in [-0.2, 0) is 4.65 Å². The summed E-state index contributed by atoms with van der Waals surface area (Å²) in [4.78, 5) is 2.38. The van der Waals surface area contributed by atoms with E-state index in [4.69, 9.17) is 20.3 Å². The summed E-state index contributed by atoms with van der Waals surface area (Å²) < 4.78 is 4.16. The topological polar surface area (TPSA) is 93.4 Å². The monoisotopic (exact) mass is 237 g/mol. The van der Waals surface area contributed by atoms with Crippen molar-refractivity contribution in [1.29, 1.82) is 0 Å². The normalized spacial score (nSPS) is 10.3. The third kappa shape index (κ3) is 11.9. The maximum Gasteiger partial charge on any atom is 0.634 e. The maximum atomic E-state index is 8.27. The minimum atomic E-state index is -1.94. The highest BCUT2D eigenvalue weighted by atomic mass is 16.6. The summed E-state index contributed by atoms with van der Waals surface area (Å²) in [7, 11) is -1.94. The van der Waals surface area contributed by atoms with Crippen molar-refractivity contribution in [1.82, 2.24) is 4.90 Å². The molecule has 0 aromatic heterocycles. The van der Waals surface area contributed by atoms with Crippen LogP contribution in [0.5, 0.6) is 0 Å². The molecule has 0 rings (SSSR count). The Morgan fingerprint density at radius 1 is 1.00 bits per heavy atom. The molecule has 4 N–H and O–H groups in total. The van der Waals surface area contributed by atoms with Gasteiger partial charge >= 0.3 is 7.32 Å². The van der Waals surface area contributed by atoms with Gasteiger partial charge in [0.05, 0.1) is 19.3 Å². The minimum Gasteiger partial charge on any atom is -0.402 e. The van der Waals surface area contributed by atoms with Crippen LogP contribution in [0.2, 0.25) is 0 Å². The molecule has 0 aliphatic rings. The van der Waals surface area contributed by atoms with Crippen molar-refractivity contribution in [3.63, 3.8) is 0 Å². The van der Waals surface area contributed by atoms with E-state index >= 15 is 0 Å². The highest BCUT2D eigenvalue weighted by molar-refractivity contribution is 6.32. The van der Waals surface area contributed by atoms with Gasteiger partial charge in [-0.15, -0.1) is 0 Å². The summed E-state index contributed by atoms with van der Waals surface area (Å²) in [6.07, 6.45) is -0.912. The zero-order chi connectivity index (χ0) is 13.0. The van der Waals surface area contributed by atoms with Gasteiger partial charge in [-0.1, -0.05) is 20.8 Å². The van der Waals surface area contributed by atoms with Gasteiger partial charge < -0.3 is 29.8 Å². The predicted molar refractivity (Wildman–Crippen MR) is 62.7 cm³/mol. The number of aliphatic hydroxyl groups excluding tert-OH is 2. The van der Waals surface area contributed by atoms with Gasteiger partial charge in [0.1, 0.15) is 0 Å². The second-order valence-electron chi connectivity index (χ2n) is 3.07. The van der Waals surface area contributed by atoms with E-state index in [0.717, 1.165) is 0 Å². The van der Waals surface area contributed by atoms with E-state index in [1.807, 2.05) is 0 Å². The summed E-state index contributed by atoms with van der Waals surface area (Å²) >= 11 is 0. The molecule has 0 aromatic carbocycles. The predicted octanol–water partition coefficient (Wildman–Crippen LogP) is -1.33. The standard InChI is InChI=1S/C6H15N.C3H9BO5/c1-4-7(5-2)6-3;5-1-3(2-6)9-4(7)8/h4-6H2,1-3H3;3,5-8H,1-2H2. The van der Waals surface area contributed by atoms with Crippen LogP contribution in [0.1, 0.15) is 20.8 Å². The highest BCUT2D eigenvalue weighted by Crippen LogP contribution is 1.88. The zero-order valence-electron chi connectivity index (χ0n) is 10.3. The van der Waals surface area contributed by atoms with Crippen LogP contribution in [-0.4, -0.2) is 71.4 Å². The maximum absolute atomic E-state index is 8.27. The summed E-state index contributed by atoms with van der Waals surface area (Å²) in [6.45, 7) is 9.25. The molecule has 0 heterocycles. The fraction of sp³-hybridized carbons (Fsp3) is 1.00. The summed E-state index contributed by atoms with van der Waals surface area (Å²) in [5.41, 5.74) is 0. The minimum absolute atomic E-state index is 0.436. The van der Waals surface area contributed by atoms with Gasteiger partial charge in [-0.2, -0.15) is 0 Å². The van der Waals surface area contributed by atoms with Crippen LogP contribution in [0.4, 0.5) is 0 Å². The van der Waals surface area contributed by atoms with E-state index in [0.29, 0.717) is 0 Å². The molecule has 0 spiro atoms. The number of aliphatic hydroxyl groups is 2. The van der Waals surface area contributed by atoms with E-state index in [9.17, 15) is 0 Å². The molecule has 6 nitrogen and oxygen atoms in total. The van der Waals surface area contributed by atoms with Gasteiger partial charge in [0.25, 0.3) is 0 Å². The lowest BCUT2D eigenvalue weighted by molar-refractivity contribution is 0.0287. The molecule has 0 unspecified atom stereocenters. The van der Waals surface area contributed by atoms with Crippen LogP contribution in [0.3, 0.4) is 0 Å². The molecule has 7 heteroatoms. The average Bonchev–Trinajstić information content (AvgIpc) is 2.29. The van der Waals surface area contributed by atoms with E-state index in [1.165, 1.54) is 19.6 Å². The first-order chi connectivity index (χ1) is 7.55. The Balaban J connectivity index is 0. The molecule has 0 amide bonds. The smallest absolute Gasteiger partial charge is 0.402 e. The summed E-state index contributed by atoms with van der Waals surface area (Å²) in [5.74, 6) is 0. The van der Waals surface area contributed by atoms with Crippen LogP contribution in [0.25, 0.3) is 0 Å². The molecule has 0 saturated carbocycles. The van der Waals surface area contributed by atoms with Crippen LogP contribution < -0.4 is 0 Å². The van der Waals surface area contributed by atoms with Gasteiger partial charge in [0, 0.05) is 0 Å². The van der Waals surface area contributed by atoms with Crippen LogP contribution >= 0.6 is 0 Å². The van der Waals surface area contributed by atoms with E-state index in [2.05, 4.69) is 30.3 Å². The summed E-state index contributed by atoms with van der Waals surface area (Å²) in [5, 5.41) is 32.7. The lowest BCUT2D eigenvalue weighted by Crippen LogP contribution is -2.31. The lowest BCUT2D eigenvalue weighted by Gasteiger charge is -2.13. The molecule has 0 bridgehead atoms. The van der Waals surface area contributed by atoms with Crippen molar-refractivity contribution < 1.29 is 24.9 Å². The van der Waals surface area contributed by atoms with Gasteiger partial charge in [0.2, 0.25) is 0 Å². The van der Waals surface area contributed by atoms with E-state index < -0.39 is 26.6 Å².